The number of hydrogen-bond acceptors (Lipinski definition) is 5. The maximum atomic E-state index is 13.4. The molecule has 0 spiro atoms. The maximum absolute atomic E-state index is 13.4. The Morgan fingerprint density at radius 1 is 0.919 bits per heavy atom. The van der Waals surface area contributed by atoms with Gasteiger partial charge in [0.2, 0.25) is 0 Å². The standard InChI is InChI=1S/C31H31NO5/c1-19-13-20(11-12-29(19)35-2)30(33)21-14-22-16-36-17-23(15-21)32(22)31(34)37-18-28-26-9-5-3-7-24(26)25-8-4-6-10-27(25)28/h3-13,21-23,28H,14-18H2,1-2H3. The molecule has 37 heavy (non-hydrogen) atoms. The summed E-state index contributed by atoms with van der Waals surface area (Å²) in [7, 11) is 1.63. The van der Waals surface area contributed by atoms with Crippen LogP contribution in [0.4, 0.5) is 4.79 Å². The van der Waals surface area contributed by atoms with Gasteiger partial charge in [0.1, 0.15) is 12.4 Å². The Hall–Kier alpha value is -3.64. The van der Waals surface area contributed by atoms with Crippen molar-refractivity contribution in [3.63, 3.8) is 0 Å². The van der Waals surface area contributed by atoms with Crippen LogP contribution in [-0.2, 0) is 9.47 Å². The molecule has 2 saturated heterocycles. The molecule has 6 rings (SSSR count). The molecule has 0 N–H and O–H groups in total. The van der Waals surface area contributed by atoms with Crippen LogP contribution in [0.3, 0.4) is 0 Å². The molecule has 3 aromatic rings. The third-order valence-electron chi connectivity index (χ3n) is 8.12. The van der Waals surface area contributed by atoms with Crippen LogP contribution in [-0.4, -0.2) is 55.8 Å². The van der Waals surface area contributed by atoms with Crippen molar-refractivity contribution in [1.29, 1.82) is 0 Å². The minimum Gasteiger partial charge on any atom is -0.496 e. The number of amides is 1. The first-order valence-corrected chi connectivity index (χ1v) is 12.9. The van der Waals surface area contributed by atoms with Gasteiger partial charge in [-0.2, -0.15) is 0 Å². The van der Waals surface area contributed by atoms with Crippen LogP contribution in [0, 0.1) is 12.8 Å². The summed E-state index contributed by atoms with van der Waals surface area (Å²) in [6, 6.07) is 21.9. The number of ketones is 1. The van der Waals surface area contributed by atoms with Crippen LogP contribution in [0.1, 0.15) is 45.8 Å². The number of nitrogens with zero attached hydrogens (tertiary/aromatic N) is 1. The van der Waals surface area contributed by atoms with Crippen LogP contribution < -0.4 is 4.74 Å². The molecule has 1 amide bonds. The van der Waals surface area contributed by atoms with Gasteiger partial charge in [0.05, 0.1) is 32.4 Å². The summed E-state index contributed by atoms with van der Waals surface area (Å²) in [5, 5.41) is 0. The average Bonchev–Trinajstić information content (AvgIpc) is 3.24. The average molecular weight is 498 g/mol. The van der Waals surface area contributed by atoms with E-state index in [1.165, 1.54) is 22.3 Å². The Balaban J connectivity index is 1.16. The fourth-order valence-electron chi connectivity index (χ4n) is 6.36. The van der Waals surface area contributed by atoms with Crippen LogP contribution in [0.2, 0.25) is 0 Å². The van der Waals surface area contributed by atoms with Gasteiger partial charge in [0.25, 0.3) is 0 Å². The first-order valence-electron chi connectivity index (χ1n) is 12.9. The second-order valence-corrected chi connectivity index (χ2v) is 10.3. The van der Waals surface area contributed by atoms with E-state index in [0.717, 1.165) is 11.3 Å². The van der Waals surface area contributed by atoms with Gasteiger partial charge in [0, 0.05) is 17.4 Å². The van der Waals surface area contributed by atoms with Crippen LogP contribution in [0.5, 0.6) is 5.75 Å². The van der Waals surface area contributed by atoms with Gasteiger partial charge < -0.3 is 14.2 Å². The van der Waals surface area contributed by atoms with Crippen molar-refractivity contribution in [2.24, 2.45) is 5.92 Å². The second kappa shape index (κ2) is 9.67. The summed E-state index contributed by atoms with van der Waals surface area (Å²) in [5.74, 6) is 0.760. The molecular weight excluding hydrogens is 466 g/mol. The van der Waals surface area contributed by atoms with Gasteiger partial charge in [-0.05, 0) is 65.8 Å². The highest BCUT2D eigenvalue weighted by atomic mass is 16.6. The maximum Gasteiger partial charge on any atom is 0.410 e. The Bertz CT molecular complexity index is 1290. The van der Waals surface area contributed by atoms with Gasteiger partial charge in [-0.1, -0.05) is 48.5 Å². The molecular formula is C31H31NO5. The molecule has 2 bridgehead atoms. The van der Waals surface area contributed by atoms with Crippen molar-refractivity contribution in [1.82, 2.24) is 4.90 Å². The number of Topliss-reactive ketones (excluding diaryl/α,β-unsaturated/α-hetero) is 1. The van der Waals surface area contributed by atoms with Gasteiger partial charge in [-0.25, -0.2) is 4.79 Å². The number of carbonyl (C=O) groups excluding carboxylic acids is 2. The number of benzene rings is 3. The molecule has 2 fully saturated rings. The molecule has 1 aliphatic carbocycles. The van der Waals surface area contributed by atoms with E-state index in [-0.39, 0.29) is 42.4 Å². The molecule has 0 aromatic heterocycles. The highest BCUT2D eigenvalue weighted by Gasteiger charge is 2.45. The Morgan fingerprint density at radius 3 is 2.14 bits per heavy atom. The van der Waals surface area contributed by atoms with Crippen LogP contribution in [0.15, 0.2) is 66.7 Å². The molecule has 6 heteroatoms. The van der Waals surface area contributed by atoms with E-state index in [1.54, 1.807) is 7.11 Å². The molecule has 2 heterocycles. The third kappa shape index (κ3) is 4.19. The minimum atomic E-state index is -0.314. The van der Waals surface area contributed by atoms with Crippen molar-refractivity contribution in [2.45, 2.75) is 37.8 Å². The fourth-order valence-corrected chi connectivity index (χ4v) is 6.36. The summed E-state index contributed by atoms with van der Waals surface area (Å²) in [6.45, 7) is 3.08. The Kier molecular flexibility index (Phi) is 6.21. The first kappa shape index (κ1) is 23.7. The highest BCUT2D eigenvalue weighted by molar-refractivity contribution is 5.98. The number of aryl methyl sites for hydroxylation is 1. The van der Waals surface area contributed by atoms with Crippen LogP contribution in [0.25, 0.3) is 11.1 Å². The summed E-state index contributed by atoms with van der Waals surface area (Å²) < 4.78 is 17.1. The predicted molar refractivity (Wildman–Crippen MR) is 140 cm³/mol. The van der Waals surface area contributed by atoms with Crippen molar-refractivity contribution < 1.29 is 23.8 Å². The topological polar surface area (TPSA) is 65.1 Å². The lowest BCUT2D eigenvalue weighted by Crippen LogP contribution is -2.60. The zero-order valence-corrected chi connectivity index (χ0v) is 21.2. The lowest BCUT2D eigenvalue weighted by molar-refractivity contribution is -0.0747. The molecule has 3 aliphatic rings. The van der Waals surface area contributed by atoms with Crippen LogP contribution >= 0.6 is 0 Å². The number of hydrogen-bond donors (Lipinski definition) is 0. The summed E-state index contributed by atoms with van der Waals surface area (Å²) in [5.41, 5.74) is 6.43. The normalized spacial score (nSPS) is 22.2. The zero-order valence-electron chi connectivity index (χ0n) is 21.2. The number of morpholine rings is 1. The first-order chi connectivity index (χ1) is 18.0. The Labute approximate surface area is 217 Å². The predicted octanol–water partition coefficient (Wildman–Crippen LogP) is 5.61. The smallest absolute Gasteiger partial charge is 0.410 e. The number of fused-ring (bicyclic) bond motifs is 5. The summed E-state index contributed by atoms with van der Waals surface area (Å²) in [4.78, 5) is 28.6. The second-order valence-electron chi connectivity index (χ2n) is 10.3. The minimum absolute atomic E-state index is 0.0184. The number of rotatable bonds is 5. The molecule has 3 aromatic carbocycles. The lowest BCUT2D eigenvalue weighted by atomic mass is 9.80. The van der Waals surface area contributed by atoms with Gasteiger partial charge in [0.15, 0.2) is 5.78 Å². The SMILES string of the molecule is COc1ccc(C(=O)C2CC3COCC(C2)N3C(=O)OCC2c3ccccc3-c3ccccc32)cc1C. The molecule has 190 valence electrons. The number of ether oxygens (including phenoxy) is 3. The molecule has 2 unspecified atom stereocenters. The van der Waals surface area contributed by atoms with Gasteiger partial charge in [-0.3, -0.25) is 9.69 Å². The number of carbonyl (C=O) groups is 2. The lowest BCUT2D eigenvalue weighted by Gasteiger charge is -2.47. The molecule has 6 nitrogen and oxygen atoms in total. The van der Waals surface area contributed by atoms with Crippen molar-refractivity contribution in [3.8, 4) is 16.9 Å². The highest BCUT2D eigenvalue weighted by Crippen LogP contribution is 2.45. The zero-order chi connectivity index (χ0) is 25.5. The monoisotopic (exact) mass is 497 g/mol. The third-order valence-corrected chi connectivity index (χ3v) is 8.12. The largest absolute Gasteiger partial charge is 0.496 e. The van der Waals surface area contributed by atoms with E-state index in [4.69, 9.17) is 14.2 Å². The van der Waals surface area contributed by atoms with E-state index in [1.807, 2.05) is 54.3 Å². The fraction of sp³-hybridized carbons (Fsp3) is 0.355. The molecule has 2 aliphatic heterocycles. The van der Waals surface area contributed by atoms with Crippen molar-refractivity contribution >= 4 is 11.9 Å². The summed E-state index contributed by atoms with van der Waals surface area (Å²) in [6.07, 6.45) is 0.834. The summed E-state index contributed by atoms with van der Waals surface area (Å²) >= 11 is 0. The molecule has 2 atom stereocenters. The Morgan fingerprint density at radius 2 is 1.54 bits per heavy atom. The van der Waals surface area contributed by atoms with Crippen molar-refractivity contribution in [3.05, 3.63) is 89.0 Å². The van der Waals surface area contributed by atoms with E-state index in [0.29, 0.717) is 31.6 Å². The molecule has 0 saturated carbocycles. The van der Waals surface area contributed by atoms with Crippen molar-refractivity contribution in [2.75, 3.05) is 26.9 Å². The number of methoxy groups -OCH3 is 1. The van der Waals surface area contributed by atoms with E-state index < -0.39 is 0 Å². The van der Waals surface area contributed by atoms with E-state index in [9.17, 15) is 9.59 Å². The molecule has 0 radical (unpaired) electrons. The van der Waals surface area contributed by atoms with Gasteiger partial charge in [-0.15, -0.1) is 0 Å². The quantitative estimate of drug-likeness (QED) is 0.429. The van der Waals surface area contributed by atoms with Gasteiger partial charge >= 0.3 is 6.09 Å². The van der Waals surface area contributed by atoms with E-state index in [2.05, 4.69) is 24.3 Å². The number of piperidine rings is 1. The van der Waals surface area contributed by atoms with E-state index >= 15 is 0 Å².